The average molecular weight is 286 g/mol. The van der Waals surface area contributed by atoms with Crippen molar-refractivity contribution >= 4 is 17.2 Å². The number of anilines is 1. The number of hydrogen-bond acceptors (Lipinski definition) is 4. The third-order valence-corrected chi connectivity index (χ3v) is 2.96. The first kappa shape index (κ1) is 16.6. The highest BCUT2D eigenvalue weighted by molar-refractivity contribution is 5.51. The molecule has 2 rings (SSSR count). The summed E-state index contributed by atoms with van der Waals surface area (Å²) in [7, 11) is 3.96. The first-order valence-corrected chi connectivity index (χ1v) is 6.37. The number of benzene rings is 1. The van der Waals surface area contributed by atoms with E-state index in [2.05, 4.69) is 10.2 Å². The minimum Gasteiger partial charge on any atom is -0.710 e. The molecule has 0 amide bonds. The van der Waals surface area contributed by atoms with Crippen LogP contribution in [0.3, 0.4) is 0 Å². The van der Waals surface area contributed by atoms with Crippen LogP contribution in [0.15, 0.2) is 46.6 Å². The van der Waals surface area contributed by atoms with Crippen LogP contribution < -0.4 is 9.63 Å². The molecule has 0 N–H and O–H groups in total. The second-order valence-electron chi connectivity index (χ2n) is 4.94. The summed E-state index contributed by atoms with van der Waals surface area (Å²) in [5, 5.41) is 20.0. The molecule has 2 aromatic rings. The Morgan fingerprint density at radius 1 is 1.00 bits per heavy atom. The quantitative estimate of drug-likeness (QED) is 0.485. The van der Waals surface area contributed by atoms with Gasteiger partial charge in [0.25, 0.3) is 0 Å². The number of hydrogen-bond donors (Lipinski definition) is 0. The number of rotatable bonds is 3. The van der Waals surface area contributed by atoms with Gasteiger partial charge in [-0.1, -0.05) is 7.43 Å². The van der Waals surface area contributed by atoms with Gasteiger partial charge in [-0.25, -0.2) is 4.73 Å². The lowest BCUT2D eigenvalue weighted by molar-refractivity contribution is -0.598. The summed E-state index contributed by atoms with van der Waals surface area (Å²) >= 11 is 0. The van der Waals surface area contributed by atoms with Crippen molar-refractivity contribution in [2.24, 2.45) is 10.2 Å². The lowest BCUT2D eigenvalue weighted by atomic mass is 10.2. The van der Waals surface area contributed by atoms with E-state index in [1.165, 1.54) is 0 Å². The molecular weight excluding hydrogens is 264 g/mol. The summed E-state index contributed by atoms with van der Waals surface area (Å²) in [6.07, 6.45) is 0. The van der Waals surface area contributed by atoms with Gasteiger partial charge in [-0.05, 0) is 54.9 Å². The molecule has 1 heterocycles. The predicted octanol–water partition coefficient (Wildman–Crippen LogP) is 4.05. The van der Waals surface area contributed by atoms with Gasteiger partial charge in [0.2, 0.25) is 0 Å². The van der Waals surface area contributed by atoms with Crippen molar-refractivity contribution in [1.29, 1.82) is 0 Å². The number of azo groups is 1. The van der Waals surface area contributed by atoms with Crippen molar-refractivity contribution in [3.8, 4) is 0 Å². The minimum atomic E-state index is 0. The first-order chi connectivity index (χ1) is 9.47. The number of pyridine rings is 1. The van der Waals surface area contributed by atoms with Crippen molar-refractivity contribution in [3.63, 3.8) is 0 Å². The molecule has 0 fully saturated rings. The Bertz CT molecular complexity index is 633. The molecule has 0 aliphatic rings. The van der Waals surface area contributed by atoms with Crippen molar-refractivity contribution in [2.75, 3.05) is 19.0 Å². The lowest BCUT2D eigenvalue weighted by Gasteiger charge is -2.11. The molecule has 0 bridgehead atoms. The molecule has 112 valence electrons. The molecule has 0 saturated heterocycles. The van der Waals surface area contributed by atoms with Gasteiger partial charge in [-0.2, -0.15) is 0 Å². The van der Waals surface area contributed by atoms with Gasteiger partial charge in [0, 0.05) is 25.8 Å². The fourth-order valence-corrected chi connectivity index (χ4v) is 1.87. The molecule has 0 saturated carbocycles. The van der Waals surface area contributed by atoms with Gasteiger partial charge in [0.1, 0.15) is 11.4 Å². The monoisotopic (exact) mass is 286 g/mol. The molecule has 0 aliphatic heterocycles. The zero-order chi connectivity index (χ0) is 14.7. The van der Waals surface area contributed by atoms with E-state index in [0.717, 1.165) is 21.7 Å². The summed E-state index contributed by atoms with van der Waals surface area (Å²) in [4.78, 5) is 2.01. The summed E-state index contributed by atoms with van der Waals surface area (Å²) in [6.45, 7) is 3.68. The molecule has 0 atom stereocenters. The smallest absolute Gasteiger partial charge is 0.354 e. The molecular formula is C16H22N4O. The van der Waals surface area contributed by atoms with Gasteiger partial charge in [0.15, 0.2) is 0 Å². The van der Waals surface area contributed by atoms with Crippen LogP contribution >= 0.6 is 0 Å². The fourth-order valence-electron chi connectivity index (χ4n) is 1.87. The van der Waals surface area contributed by atoms with Crippen molar-refractivity contribution in [3.05, 3.63) is 52.9 Å². The summed E-state index contributed by atoms with van der Waals surface area (Å²) < 4.78 is 0.782. The number of nitrogens with zero attached hydrogens (tertiary/aromatic N) is 4. The number of aromatic nitrogens is 1. The van der Waals surface area contributed by atoms with Crippen LogP contribution in [0.1, 0.15) is 18.7 Å². The SMILES string of the molecule is C.Cc1cc(C)[n+]([O-])c(N=Nc2ccc(N(C)C)cc2)c1. The van der Waals surface area contributed by atoms with Crippen molar-refractivity contribution in [2.45, 2.75) is 21.3 Å². The van der Waals surface area contributed by atoms with Gasteiger partial charge < -0.3 is 10.1 Å². The minimum absolute atomic E-state index is 0. The zero-order valence-electron chi connectivity index (χ0n) is 12.2. The van der Waals surface area contributed by atoms with Crippen molar-refractivity contribution < 1.29 is 4.73 Å². The molecule has 0 aliphatic carbocycles. The Morgan fingerprint density at radius 2 is 1.62 bits per heavy atom. The van der Waals surface area contributed by atoms with E-state index < -0.39 is 0 Å². The molecule has 5 nitrogen and oxygen atoms in total. The molecule has 1 aromatic heterocycles. The summed E-state index contributed by atoms with van der Waals surface area (Å²) in [6, 6.07) is 11.2. The highest BCUT2D eigenvalue weighted by Crippen LogP contribution is 2.20. The molecule has 0 unspecified atom stereocenters. The van der Waals surface area contributed by atoms with Crippen LogP contribution in [0.5, 0.6) is 0 Å². The third kappa shape index (κ3) is 4.02. The number of aryl methyl sites for hydroxylation is 2. The van der Waals surface area contributed by atoms with Crippen LogP contribution in [0.4, 0.5) is 17.2 Å². The van der Waals surface area contributed by atoms with E-state index in [1.807, 2.05) is 56.3 Å². The second kappa shape index (κ2) is 6.83. The van der Waals surface area contributed by atoms with Crippen LogP contribution in [0.25, 0.3) is 0 Å². The summed E-state index contributed by atoms with van der Waals surface area (Å²) in [5.41, 5.74) is 3.41. The van der Waals surface area contributed by atoms with E-state index in [0.29, 0.717) is 11.5 Å². The van der Waals surface area contributed by atoms with E-state index >= 15 is 0 Å². The van der Waals surface area contributed by atoms with Gasteiger partial charge in [-0.15, -0.1) is 0 Å². The van der Waals surface area contributed by atoms with Gasteiger partial charge in [-0.3, -0.25) is 0 Å². The van der Waals surface area contributed by atoms with E-state index in [-0.39, 0.29) is 7.43 Å². The highest BCUT2D eigenvalue weighted by atomic mass is 16.5. The Balaban J connectivity index is 0.00000220. The van der Waals surface area contributed by atoms with E-state index in [9.17, 15) is 5.21 Å². The average Bonchev–Trinajstić information content (AvgIpc) is 2.41. The largest absolute Gasteiger partial charge is 0.710 e. The van der Waals surface area contributed by atoms with E-state index in [1.54, 1.807) is 13.0 Å². The Hall–Kier alpha value is -2.43. The fraction of sp³-hybridized carbons (Fsp3) is 0.312. The van der Waals surface area contributed by atoms with Crippen LogP contribution in [0, 0.1) is 19.1 Å². The maximum Gasteiger partial charge on any atom is 0.354 e. The lowest BCUT2D eigenvalue weighted by Crippen LogP contribution is -2.30. The Morgan fingerprint density at radius 3 is 2.19 bits per heavy atom. The molecule has 5 heteroatoms. The van der Waals surface area contributed by atoms with Crippen molar-refractivity contribution in [1.82, 2.24) is 0 Å². The second-order valence-corrected chi connectivity index (χ2v) is 4.94. The highest BCUT2D eigenvalue weighted by Gasteiger charge is 2.08. The normalized spacial score (nSPS) is 10.5. The standard InChI is InChI=1S/C15H18N4O.CH4/c1-11-9-12(2)19(20)15(10-11)17-16-13-5-7-14(8-6-13)18(3)4;/h5-10H,1-4H3;1H4. The van der Waals surface area contributed by atoms with Gasteiger partial charge in [0.05, 0.1) is 5.11 Å². The van der Waals surface area contributed by atoms with Gasteiger partial charge >= 0.3 is 5.82 Å². The first-order valence-electron chi connectivity index (χ1n) is 6.37. The Kier molecular flexibility index (Phi) is 5.41. The maximum absolute atomic E-state index is 11.8. The topological polar surface area (TPSA) is 54.9 Å². The molecule has 0 radical (unpaired) electrons. The van der Waals surface area contributed by atoms with E-state index in [4.69, 9.17) is 0 Å². The van der Waals surface area contributed by atoms with Crippen LogP contribution in [-0.4, -0.2) is 14.1 Å². The third-order valence-electron chi connectivity index (χ3n) is 2.96. The predicted molar refractivity (Wildman–Crippen MR) is 86.6 cm³/mol. The molecule has 1 aromatic carbocycles. The molecule has 21 heavy (non-hydrogen) atoms. The Labute approximate surface area is 126 Å². The maximum atomic E-state index is 11.8. The molecule has 0 spiro atoms. The zero-order valence-corrected chi connectivity index (χ0v) is 12.2. The van der Waals surface area contributed by atoms with Crippen LogP contribution in [-0.2, 0) is 0 Å². The summed E-state index contributed by atoms with van der Waals surface area (Å²) in [5.74, 6) is 0.305. The van der Waals surface area contributed by atoms with Crippen LogP contribution in [0.2, 0.25) is 0 Å².